The molecule has 0 bridgehead atoms. The quantitative estimate of drug-likeness (QED) is 0.367. The summed E-state index contributed by atoms with van der Waals surface area (Å²) in [7, 11) is 0. The van der Waals surface area contributed by atoms with Crippen LogP contribution in [-0.2, 0) is 33.4 Å². The Balaban J connectivity index is 2.32. The van der Waals surface area contributed by atoms with Crippen LogP contribution in [0.15, 0.2) is 24.3 Å². The van der Waals surface area contributed by atoms with Crippen molar-refractivity contribution in [2.24, 2.45) is 0 Å². The molecule has 20 heavy (non-hydrogen) atoms. The molecule has 0 N–H and O–H groups in total. The minimum Gasteiger partial charge on any atom is -0.461 e. The van der Waals surface area contributed by atoms with Crippen LogP contribution in [0.25, 0.3) is 0 Å². The van der Waals surface area contributed by atoms with Crippen molar-refractivity contribution in [2.45, 2.75) is 26.4 Å². The van der Waals surface area contributed by atoms with Gasteiger partial charge in [-0.15, -0.1) is 0 Å². The Kier molecular flexibility index (Phi) is 4.30. The molecule has 1 aromatic rings. The highest BCUT2D eigenvalue weighted by Crippen LogP contribution is 2.30. The van der Waals surface area contributed by atoms with E-state index in [-0.39, 0.29) is 12.6 Å². The Bertz CT molecular complexity index is 586. The highest BCUT2D eigenvalue weighted by Gasteiger charge is 2.23. The molecular formula is C15H15O5+. The van der Waals surface area contributed by atoms with Gasteiger partial charge in [0.2, 0.25) is 5.75 Å². The first-order valence-corrected chi connectivity index (χ1v) is 6.17. The van der Waals surface area contributed by atoms with Gasteiger partial charge in [0.15, 0.2) is 0 Å². The molecule has 1 aliphatic carbocycles. The van der Waals surface area contributed by atoms with Gasteiger partial charge in [0.05, 0.1) is 0 Å². The van der Waals surface area contributed by atoms with E-state index < -0.39 is 6.16 Å². The van der Waals surface area contributed by atoms with Crippen molar-refractivity contribution in [3.05, 3.63) is 41.0 Å². The lowest BCUT2D eigenvalue weighted by Gasteiger charge is -2.16. The van der Waals surface area contributed by atoms with E-state index in [1.807, 2.05) is 12.2 Å². The zero-order chi connectivity index (χ0) is 14.5. The Hall–Kier alpha value is -2.43. The molecule has 5 nitrogen and oxygen atoms in total. The van der Waals surface area contributed by atoms with E-state index in [1.54, 1.807) is 12.1 Å². The van der Waals surface area contributed by atoms with E-state index in [4.69, 9.17) is 9.47 Å². The first kappa shape index (κ1) is 14.0. The lowest BCUT2D eigenvalue weighted by molar-refractivity contribution is -0.349. The minimum absolute atomic E-state index is 0.214. The standard InChI is InChI=1S/C15H15O5/c1-10(16)19-9-11-7-8-14(20-15(17)18-2)13-6-4-3-5-12(11)13/h3-4,7-8H,2,5-6,9H2,1H3/q+1. The van der Waals surface area contributed by atoms with E-state index in [2.05, 4.69) is 11.2 Å². The maximum Gasteiger partial charge on any atom is 0.789 e. The van der Waals surface area contributed by atoms with Crippen LogP contribution in [0, 0.1) is 0 Å². The number of benzene rings is 1. The maximum atomic E-state index is 11.2. The van der Waals surface area contributed by atoms with Gasteiger partial charge >= 0.3 is 12.1 Å². The summed E-state index contributed by atoms with van der Waals surface area (Å²) in [6.45, 7) is 4.60. The number of fused-ring (bicyclic) bond motifs is 1. The molecule has 0 unspecified atom stereocenters. The van der Waals surface area contributed by atoms with Gasteiger partial charge in [-0.25, -0.2) is 0 Å². The summed E-state index contributed by atoms with van der Waals surface area (Å²) >= 11 is 0. The number of hydrogen-bond acceptors (Lipinski definition) is 4. The molecule has 0 saturated heterocycles. The topological polar surface area (TPSA) is 63.9 Å². The van der Waals surface area contributed by atoms with Crippen LogP contribution in [0.1, 0.15) is 23.6 Å². The Morgan fingerprint density at radius 3 is 2.60 bits per heavy atom. The Morgan fingerprint density at radius 1 is 1.25 bits per heavy atom. The van der Waals surface area contributed by atoms with E-state index in [0.29, 0.717) is 18.6 Å². The van der Waals surface area contributed by atoms with Crippen molar-refractivity contribution in [3.8, 4) is 5.75 Å². The lowest BCUT2D eigenvalue weighted by atomic mass is 9.92. The zero-order valence-corrected chi connectivity index (χ0v) is 11.2. The number of rotatable bonds is 3. The summed E-state index contributed by atoms with van der Waals surface area (Å²) in [6.07, 6.45) is 4.55. The van der Waals surface area contributed by atoms with Crippen molar-refractivity contribution < 1.29 is 23.5 Å². The van der Waals surface area contributed by atoms with Crippen LogP contribution in [0.2, 0.25) is 0 Å². The van der Waals surface area contributed by atoms with E-state index in [1.165, 1.54) is 6.92 Å². The van der Waals surface area contributed by atoms with Gasteiger partial charge in [-0.2, -0.15) is 0 Å². The van der Waals surface area contributed by atoms with Crippen LogP contribution in [0.4, 0.5) is 4.79 Å². The first-order chi connectivity index (χ1) is 9.61. The van der Waals surface area contributed by atoms with Crippen molar-refractivity contribution in [3.63, 3.8) is 0 Å². The molecule has 0 saturated carbocycles. The maximum absolute atomic E-state index is 11.2. The van der Waals surface area contributed by atoms with Crippen LogP contribution in [-0.4, -0.2) is 18.9 Å². The normalized spacial score (nSPS) is 12.4. The number of hydrogen-bond donors (Lipinski definition) is 0. The molecule has 0 amide bonds. The number of esters is 1. The van der Waals surface area contributed by atoms with Crippen LogP contribution in [0.5, 0.6) is 5.75 Å². The third-order valence-corrected chi connectivity index (χ3v) is 3.04. The van der Waals surface area contributed by atoms with E-state index in [0.717, 1.165) is 16.7 Å². The molecule has 5 heteroatoms. The summed E-state index contributed by atoms with van der Waals surface area (Å²) in [5.74, 6) is 0.121. The summed E-state index contributed by atoms with van der Waals surface area (Å²) < 4.78 is 14.4. The molecule has 1 aliphatic rings. The van der Waals surface area contributed by atoms with Crippen molar-refractivity contribution in [1.82, 2.24) is 0 Å². The average Bonchev–Trinajstić information content (AvgIpc) is 2.46. The summed E-state index contributed by atoms with van der Waals surface area (Å²) in [5.41, 5.74) is 2.83. The Morgan fingerprint density at radius 2 is 1.95 bits per heavy atom. The lowest BCUT2D eigenvalue weighted by Crippen LogP contribution is -2.11. The molecule has 0 heterocycles. The van der Waals surface area contributed by atoms with Gasteiger partial charge in [-0.3, -0.25) is 14.0 Å². The molecule has 0 radical (unpaired) electrons. The second-order valence-electron chi connectivity index (χ2n) is 4.34. The molecule has 0 aromatic heterocycles. The van der Waals surface area contributed by atoms with Crippen LogP contribution in [0.3, 0.4) is 0 Å². The van der Waals surface area contributed by atoms with Crippen molar-refractivity contribution in [1.29, 1.82) is 0 Å². The molecule has 2 rings (SSSR count). The molecule has 0 fully saturated rings. The molecule has 0 aliphatic heterocycles. The van der Waals surface area contributed by atoms with Gasteiger partial charge in [0, 0.05) is 23.3 Å². The predicted octanol–water partition coefficient (Wildman–Crippen LogP) is 2.27. The van der Waals surface area contributed by atoms with Crippen LogP contribution < -0.4 is 4.74 Å². The average molecular weight is 275 g/mol. The Labute approximate surface area is 116 Å². The molecule has 0 spiro atoms. The van der Waals surface area contributed by atoms with Gasteiger partial charge < -0.3 is 4.74 Å². The van der Waals surface area contributed by atoms with Crippen molar-refractivity contribution >= 4 is 18.9 Å². The van der Waals surface area contributed by atoms with Gasteiger partial charge in [0.1, 0.15) is 13.4 Å². The van der Waals surface area contributed by atoms with Gasteiger partial charge in [0.25, 0.3) is 0 Å². The first-order valence-electron chi connectivity index (χ1n) is 6.17. The largest absolute Gasteiger partial charge is 0.789 e. The minimum atomic E-state index is -0.852. The summed E-state index contributed by atoms with van der Waals surface area (Å²) in [4.78, 5) is 22.1. The molecule has 104 valence electrons. The third-order valence-electron chi connectivity index (χ3n) is 3.04. The fraction of sp³-hybridized carbons (Fsp3) is 0.267. The number of carbonyl (C=O) groups excluding carboxylic acids is 3. The predicted molar refractivity (Wildman–Crippen MR) is 71.6 cm³/mol. The van der Waals surface area contributed by atoms with Crippen LogP contribution >= 0.6 is 0 Å². The molecule has 1 aromatic carbocycles. The van der Waals surface area contributed by atoms with E-state index in [9.17, 15) is 9.59 Å². The third kappa shape index (κ3) is 3.12. The second-order valence-corrected chi connectivity index (χ2v) is 4.34. The van der Waals surface area contributed by atoms with E-state index >= 15 is 0 Å². The van der Waals surface area contributed by atoms with Gasteiger partial charge in [-0.05, 0) is 30.0 Å². The monoisotopic (exact) mass is 275 g/mol. The summed E-state index contributed by atoms with van der Waals surface area (Å²) in [5, 5.41) is 0. The number of allylic oxidation sites excluding steroid dienone is 2. The second kappa shape index (κ2) is 6.14. The molecular weight excluding hydrogens is 260 g/mol. The molecule has 0 atom stereocenters. The zero-order valence-electron chi connectivity index (χ0n) is 11.2. The number of ether oxygens (including phenoxy) is 2. The summed E-state index contributed by atoms with van der Waals surface area (Å²) in [6, 6.07) is 3.46. The fourth-order valence-corrected chi connectivity index (χ4v) is 2.13. The smallest absolute Gasteiger partial charge is 0.461 e. The number of carbonyl (C=O) groups is 2. The highest BCUT2D eigenvalue weighted by atomic mass is 16.7. The highest BCUT2D eigenvalue weighted by molar-refractivity contribution is 5.66. The fourth-order valence-electron chi connectivity index (χ4n) is 2.13. The van der Waals surface area contributed by atoms with Gasteiger partial charge in [-0.1, -0.05) is 12.2 Å². The van der Waals surface area contributed by atoms with Crippen molar-refractivity contribution in [2.75, 3.05) is 0 Å². The SMILES string of the molecule is C=[O+]C(=O)Oc1ccc(COC(C)=O)c2c1CC=CC2.